The van der Waals surface area contributed by atoms with Gasteiger partial charge in [0.1, 0.15) is 23.8 Å². The fourth-order valence-corrected chi connectivity index (χ4v) is 4.51. The number of anilines is 1. The zero-order valence-electron chi connectivity index (χ0n) is 17.2. The topological polar surface area (TPSA) is 61.6 Å². The smallest absolute Gasteiger partial charge is 0.202 e. The van der Waals surface area contributed by atoms with E-state index in [4.69, 9.17) is 21.0 Å². The van der Waals surface area contributed by atoms with Crippen molar-refractivity contribution in [3.63, 3.8) is 0 Å². The van der Waals surface area contributed by atoms with Crippen molar-refractivity contribution in [2.24, 2.45) is 4.99 Å². The maximum atomic E-state index is 6.20. The number of aliphatic imine (C=N–C) groups is 1. The first kappa shape index (κ1) is 19.2. The number of hydrogen-bond donors (Lipinski definition) is 3. The highest BCUT2D eigenvalue weighted by Gasteiger charge is 2.30. The second-order valence-corrected chi connectivity index (χ2v) is 8.33. The van der Waals surface area contributed by atoms with Gasteiger partial charge < -0.3 is 15.1 Å². The predicted octanol–water partition coefficient (Wildman–Crippen LogP) is 5.88. The normalized spacial score (nSPS) is 20.0. The summed E-state index contributed by atoms with van der Waals surface area (Å²) in [6.07, 6.45) is 1.90. The van der Waals surface area contributed by atoms with Crippen LogP contribution in [0.15, 0.2) is 94.3 Å². The fourth-order valence-electron chi connectivity index (χ4n) is 4.34. The maximum Gasteiger partial charge on any atom is 0.202 e. The van der Waals surface area contributed by atoms with Crippen molar-refractivity contribution in [3.8, 4) is 0 Å². The molecule has 0 amide bonds. The molecule has 0 fully saturated rings. The van der Waals surface area contributed by atoms with E-state index in [9.17, 15) is 0 Å². The average Bonchev–Trinajstić information content (AvgIpc) is 3.22. The molecule has 0 aliphatic carbocycles. The van der Waals surface area contributed by atoms with Crippen LogP contribution in [-0.4, -0.2) is 12.4 Å². The molecule has 2 aliphatic rings. The second-order valence-electron chi connectivity index (χ2n) is 7.89. The number of fused-ring (bicyclic) bond motifs is 3. The van der Waals surface area contributed by atoms with Crippen LogP contribution < -0.4 is 16.0 Å². The summed E-state index contributed by atoms with van der Waals surface area (Å²) in [4.78, 5) is 5.08. The van der Waals surface area contributed by atoms with Crippen molar-refractivity contribution in [2.45, 2.75) is 12.3 Å². The van der Waals surface area contributed by atoms with Gasteiger partial charge in [-0.05, 0) is 23.3 Å². The molecule has 2 unspecified atom stereocenters. The van der Waals surface area contributed by atoms with Gasteiger partial charge in [0.05, 0.1) is 5.56 Å². The van der Waals surface area contributed by atoms with E-state index in [0.29, 0.717) is 11.6 Å². The number of nitrogens with one attached hydrogen (secondary N) is 3. The lowest BCUT2D eigenvalue weighted by atomic mass is 9.98. The van der Waals surface area contributed by atoms with Gasteiger partial charge in [-0.15, -0.1) is 0 Å². The lowest BCUT2D eigenvalue weighted by Crippen LogP contribution is -2.45. The first-order valence-electron chi connectivity index (χ1n) is 10.6. The standard InChI is InChI=1S/C26H21ClN4O/c27-18-11-12-19-21(15-18)32-26-22(19)20(13-14-28-26)25-30-23(16-7-3-1-4-8-16)29-24(31-25)17-9-5-2-6-10-17/h1-13,15,23-24,28-29H,14H2,(H,30,31). The van der Waals surface area contributed by atoms with Crippen molar-refractivity contribution in [1.82, 2.24) is 10.6 Å². The van der Waals surface area contributed by atoms with Gasteiger partial charge in [0.2, 0.25) is 5.88 Å². The van der Waals surface area contributed by atoms with Crippen LogP contribution >= 0.6 is 11.6 Å². The molecule has 2 aliphatic heterocycles. The third kappa shape index (κ3) is 3.36. The summed E-state index contributed by atoms with van der Waals surface area (Å²) in [5.74, 6) is 1.59. The fraction of sp³-hybridized carbons (Fsp3) is 0.115. The Balaban J connectivity index is 1.47. The molecule has 0 bridgehead atoms. The zero-order chi connectivity index (χ0) is 21.5. The van der Waals surface area contributed by atoms with Gasteiger partial charge in [0.15, 0.2) is 0 Å². The minimum Gasteiger partial charge on any atom is -0.440 e. The number of amidine groups is 1. The van der Waals surface area contributed by atoms with E-state index < -0.39 is 0 Å². The van der Waals surface area contributed by atoms with E-state index >= 15 is 0 Å². The number of rotatable bonds is 3. The van der Waals surface area contributed by atoms with Crippen LogP contribution in [0.3, 0.4) is 0 Å². The summed E-state index contributed by atoms with van der Waals surface area (Å²) in [7, 11) is 0. The maximum absolute atomic E-state index is 6.20. The largest absolute Gasteiger partial charge is 0.440 e. The highest BCUT2D eigenvalue weighted by atomic mass is 35.5. The molecule has 3 aromatic carbocycles. The minimum absolute atomic E-state index is 0.0826. The molecule has 0 spiro atoms. The molecule has 0 radical (unpaired) electrons. The zero-order valence-corrected chi connectivity index (χ0v) is 17.9. The minimum atomic E-state index is -0.176. The van der Waals surface area contributed by atoms with Crippen LogP contribution in [0.2, 0.25) is 5.02 Å². The van der Waals surface area contributed by atoms with E-state index in [0.717, 1.165) is 45.0 Å². The van der Waals surface area contributed by atoms with Crippen LogP contribution in [0.1, 0.15) is 29.0 Å². The van der Waals surface area contributed by atoms with Gasteiger partial charge in [-0.3, -0.25) is 5.32 Å². The Morgan fingerprint density at radius 1 is 0.906 bits per heavy atom. The summed E-state index contributed by atoms with van der Waals surface area (Å²) in [5, 5.41) is 12.3. The van der Waals surface area contributed by atoms with Crippen molar-refractivity contribution in [2.75, 3.05) is 11.9 Å². The second kappa shape index (κ2) is 7.86. The third-order valence-corrected chi connectivity index (χ3v) is 6.09. The Kier molecular flexibility index (Phi) is 4.71. The van der Waals surface area contributed by atoms with Crippen molar-refractivity contribution < 1.29 is 4.42 Å². The number of nitrogens with zero attached hydrogens (tertiary/aromatic N) is 1. The number of halogens is 1. The highest BCUT2D eigenvalue weighted by molar-refractivity contribution is 6.32. The quantitative estimate of drug-likeness (QED) is 0.372. The van der Waals surface area contributed by atoms with E-state index in [-0.39, 0.29) is 12.3 Å². The number of hydrogen-bond acceptors (Lipinski definition) is 5. The molecule has 5 nitrogen and oxygen atoms in total. The van der Waals surface area contributed by atoms with Gasteiger partial charge in [-0.2, -0.15) is 0 Å². The molecule has 4 aromatic rings. The molecular formula is C26H21ClN4O. The van der Waals surface area contributed by atoms with Crippen LogP contribution in [-0.2, 0) is 0 Å². The van der Waals surface area contributed by atoms with Gasteiger partial charge >= 0.3 is 0 Å². The Morgan fingerprint density at radius 2 is 1.66 bits per heavy atom. The highest BCUT2D eigenvalue weighted by Crippen LogP contribution is 2.40. The van der Waals surface area contributed by atoms with E-state index in [2.05, 4.69) is 58.4 Å². The first-order valence-corrected chi connectivity index (χ1v) is 11.0. The number of benzene rings is 3. The van der Waals surface area contributed by atoms with Gasteiger partial charge in [-0.25, -0.2) is 4.99 Å². The molecule has 3 N–H and O–H groups in total. The predicted molar refractivity (Wildman–Crippen MR) is 130 cm³/mol. The van der Waals surface area contributed by atoms with Gasteiger partial charge in [0.25, 0.3) is 0 Å². The lowest BCUT2D eigenvalue weighted by Gasteiger charge is -2.33. The van der Waals surface area contributed by atoms with E-state index in [1.54, 1.807) is 0 Å². The number of furan rings is 1. The lowest BCUT2D eigenvalue weighted by molar-refractivity contribution is 0.410. The molecule has 6 heteroatoms. The molecule has 32 heavy (non-hydrogen) atoms. The Hall–Kier alpha value is -3.54. The molecule has 1 aromatic heterocycles. The summed E-state index contributed by atoms with van der Waals surface area (Å²) in [6.45, 7) is 0.663. The summed E-state index contributed by atoms with van der Waals surface area (Å²) >= 11 is 6.20. The molecule has 158 valence electrons. The summed E-state index contributed by atoms with van der Waals surface area (Å²) in [5.41, 5.74) is 5.07. The Labute approximate surface area is 190 Å². The summed E-state index contributed by atoms with van der Waals surface area (Å²) in [6, 6.07) is 26.4. The Morgan fingerprint density at radius 3 is 2.44 bits per heavy atom. The van der Waals surface area contributed by atoms with Gasteiger partial charge in [-0.1, -0.05) is 78.3 Å². The molecular weight excluding hydrogens is 420 g/mol. The Bertz CT molecular complexity index is 1340. The van der Waals surface area contributed by atoms with Crippen LogP contribution in [0.25, 0.3) is 16.5 Å². The van der Waals surface area contributed by atoms with Crippen LogP contribution in [0, 0.1) is 0 Å². The van der Waals surface area contributed by atoms with E-state index in [1.807, 2.05) is 42.5 Å². The van der Waals surface area contributed by atoms with Crippen LogP contribution in [0.5, 0.6) is 0 Å². The third-order valence-electron chi connectivity index (χ3n) is 5.86. The summed E-state index contributed by atoms with van der Waals surface area (Å²) < 4.78 is 6.08. The molecule has 3 heterocycles. The van der Waals surface area contributed by atoms with Crippen molar-refractivity contribution in [3.05, 3.63) is 107 Å². The van der Waals surface area contributed by atoms with Crippen LogP contribution in [0.4, 0.5) is 5.88 Å². The SMILES string of the molecule is Clc1ccc2c3c(oc2c1)NCC=C3C1=NC(c2ccccc2)NC(c2ccccc2)N1. The van der Waals surface area contributed by atoms with Crippen molar-refractivity contribution in [1.29, 1.82) is 0 Å². The van der Waals surface area contributed by atoms with E-state index in [1.165, 1.54) is 0 Å². The monoisotopic (exact) mass is 440 g/mol. The molecule has 2 atom stereocenters. The molecule has 0 saturated heterocycles. The molecule has 0 saturated carbocycles. The first-order chi connectivity index (χ1) is 15.8. The van der Waals surface area contributed by atoms with Crippen molar-refractivity contribution >= 4 is 39.9 Å². The molecule has 6 rings (SSSR count). The average molecular weight is 441 g/mol. The van der Waals surface area contributed by atoms with Gasteiger partial charge in [0, 0.05) is 28.6 Å².